The van der Waals surface area contributed by atoms with Gasteiger partial charge in [-0.25, -0.2) is 0 Å². The van der Waals surface area contributed by atoms with E-state index in [-0.39, 0.29) is 11.7 Å². The molecule has 28 heavy (non-hydrogen) atoms. The number of nitrogens with zero attached hydrogens (tertiary/aromatic N) is 2. The van der Waals surface area contributed by atoms with Crippen molar-refractivity contribution in [1.29, 1.82) is 0 Å². The Hall–Kier alpha value is -2.40. The molecule has 1 aromatic heterocycles. The maximum absolute atomic E-state index is 12.9. The van der Waals surface area contributed by atoms with Crippen molar-refractivity contribution in [2.75, 3.05) is 19.6 Å². The first kappa shape index (κ1) is 21.9. The Morgan fingerprint density at radius 3 is 2.71 bits per heavy atom. The summed E-state index contributed by atoms with van der Waals surface area (Å²) in [5.41, 5.74) is 9.32. The molecular formula is C23H33N3O2. The molecule has 0 saturated heterocycles. The third kappa shape index (κ3) is 5.55. The van der Waals surface area contributed by atoms with Crippen molar-refractivity contribution in [1.82, 2.24) is 9.47 Å². The third-order valence-corrected chi connectivity index (χ3v) is 5.25. The summed E-state index contributed by atoms with van der Waals surface area (Å²) in [5.74, 6) is 0.151. The van der Waals surface area contributed by atoms with Crippen LogP contribution in [0.5, 0.6) is 0 Å². The first-order chi connectivity index (χ1) is 13.5. The summed E-state index contributed by atoms with van der Waals surface area (Å²) in [4.78, 5) is 27.2. The average Bonchev–Trinajstić information content (AvgIpc) is 3.14. The molecule has 2 heterocycles. The highest BCUT2D eigenvalue weighted by Crippen LogP contribution is 2.26. The van der Waals surface area contributed by atoms with E-state index in [1.54, 1.807) is 6.08 Å². The highest BCUT2D eigenvalue weighted by Gasteiger charge is 2.24. The second-order valence-corrected chi connectivity index (χ2v) is 7.33. The topological polar surface area (TPSA) is 68.3 Å². The number of aromatic nitrogens is 1. The van der Waals surface area contributed by atoms with Crippen LogP contribution in [0.15, 0.2) is 53.8 Å². The summed E-state index contributed by atoms with van der Waals surface area (Å²) in [6.45, 7) is 7.78. The molecule has 152 valence electrons. The Morgan fingerprint density at radius 2 is 2.11 bits per heavy atom. The van der Waals surface area contributed by atoms with Crippen LogP contribution < -0.4 is 5.73 Å². The first-order valence-corrected chi connectivity index (χ1v) is 10.2. The third-order valence-electron chi connectivity index (χ3n) is 5.25. The summed E-state index contributed by atoms with van der Waals surface area (Å²) < 4.78 is 1.86. The van der Waals surface area contributed by atoms with Crippen molar-refractivity contribution in [2.45, 2.75) is 45.4 Å². The van der Waals surface area contributed by atoms with Crippen molar-refractivity contribution >= 4 is 11.7 Å². The number of unbranched alkanes of at least 4 members (excludes halogenated alkanes) is 1. The summed E-state index contributed by atoms with van der Waals surface area (Å²) in [7, 11) is 1.89. The smallest absolute Gasteiger partial charge is 0.270 e. The molecule has 0 saturated carbocycles. The summed E-state index contributed by atoms with van der Waals surface area (Å²) in [5, 5.41) is 0. The first-order valence-electron chi connectivity index (χ1n) is 10.2. The lowest BCUT2D eigenvalue weighted by molar-refractivity contribution is -0.115. The number of nitrogens with two attached hydrogens (primary N) is 1. The van der Waals surface area contributed by atoms with Gasteiger partial charge in [0.25, 0.3) is 5.91 Å². The molecule has 1 aliphatic heterocycles. The Bertz CT molecular complexity index is 771. The zero-order chi connectivity index (χ0) is 20.5. The standard InChI is InChI=1S/C23H33N3O2/c1-4-6-9-20-17-26(23(28)21-10-8-14-25(21)3)15-12-19(20)16-18(5-2)22(27)11-7-13-24/h5,8,10,14,16H,2,4,6-7,9,11-13,15,17,24H2,1,3H3/b18-16+. The van der Waals surface area contributed by atoms with Crippen molar-refractivity contribution in [3.05, 3.63) is 59.5 Å². The fraction of sp³-hybridized carbons (Fsp3) is 0.478. The van der Waals surface area contributed by atoms with Crippen molar-refractivity contribution < 1.29 is 9.59 Å². The van der Waals surface area contributed by atoms with Crippen LogP contribution in [0.3, 0.4) is 0 Å². The van der Waals surface area contributed by atoms with Gasteiger partial charge in [0.15, 0.2) is 5.78 Å². The van der Waals surface area contributed by atoms with Crippen LogP contribution >= 0.6 is 0 Å². The largest absolute Gasteiger partial charge is 0.347 e. The number of allylic oxidation sites excluding steroid dienone is 3. The number of rotatable bonds is 10. The molecule has 5 nitrogen and oxygen atoms in total. The van der Waals surface area contributed by atoms with Crippen LogP contribution in [-0.4, -0.2) is 40.8 Å². The molecule has 0 aromatic carbocycles. The van der Waals surface area contributed by atoms with Gasteiger partial charge in [-0.15, -0.1) is 0 Å². The minimum Gasteiger partial charge on any atom is -0.347 e. The number of hydrogen-bond donors (Lipinski definition) is 1. The molecule has 0 unspecified atom stereocenters. The molecule has 1 aliphatic rings. The number of hydrogen-bond acceptors (Lipinski definition) is 3. The molecular weight excluding hydrogens is 350 g/mol. The van der Waals surface area contributed by atoms with Gasteiger partial charge in [-0.1, -0.05) is 26.0 Å². The highest BCUT2D eigenvalue weighted by molar-refractivity contribution is 5.98. The number of carbonyl (C=O) groups excluding carboxylic acids is 2. The molecule has 0 radical (unpaired) electrons. The lowest BCUT2D eigenvalue weighted by atomic mass is 9.92. The fourth-order valence-electron chi connectivity index (χ4n) is 3.51. The lowest BCUT2D eigenvalue weighted by Crippen LogP contribution is -2.38. The van der Waals surface area contributed by atoms with Crippen LogP contribution in [0.4, 0.5) is 0 Å². The van der Waals surface area contributed by atoms with Crippen molar-refractivity contribution in [3.8, 4) is 0 Å². The minimum atomic E-state index is 0.0625. The van der Waals surface area contributed by atoms with E-state index in [4.69, 9.17) is 5.73 Å². The highest BCUT2D eigenvalue weighted by atomic mass is 16.2. The second kappa shape index (κ2) is 10.8. The van der Waals surface area contributed by atoms with E-state index in [1.807, 2.05) is 40.9 Å². The number of Topliss-reactive ketones (excluding diaryl/α,β-unsaturated/α-hetero) is 1. The van der Waals surface area contributed by atoms with E-state index in [2.05, 4.69) is 13.5 Å². The SMILES string of the molecule is C=C/C(=C\C1=C(CCCC)CN(C(=O)c2cccn2C)CC1)C(=O)CCCN. The van der Waals surface area contributed by atoms with Gasteiger partial charge in [0.1, 0.15) is 5.69 Å². The molecule has 0 atom stereocenters. The molecule has 0 aliphatic carbocycles. The fourth-order valence-corrected chi connectivity index (χ4v) is 3.51. The van der Waals surface area contributed by atoms with Gasteiger partial charge < -0.3 is 15.2 Å². The quantitative estimate of drug-likeness (QED) is 0.494. The van der Waals surface area contributed by atoms with E-state index in [9.17, 15) is 9.59 Å². The Balaban J connectivity index is 2.25. The van der Waals surface area contributed by atoms with Gasteiger partial charge in [0.2, 0.25) is 0 Å². The normalized spacial score (nSPS) is 15.1. The Labute approximate surface area is 168 Å². The van der Waals surface area contributed by atoms with E-state index < -0.39 is 0 Å². The van der Waals surface area contributed by atoms with E-state index in [0.29, 0.717) is 43.7 Å². The number of amides is 1. The zero-order valence-corrected chi connectivity index (χ0v) is 17.2. The van der Waals surface area contributed by atoms with E-state index >= 15 is 0 Å². The molecule has 0 spiro atoms. The summed E-state index contributed by atoms with van der Waals surface area (Å²) in [6, 6.07) is 3.75. The van der Waals surface area contributed by atoms with Crippen LogP contribution in [0.1, 0.15) is 55.9 Å². The Kier molecular flexibility index (Phi) is 8.45. The van der Waals surface area contributed by atoms with Gasteiger partial charge in [-0.2, -0.15) is 0 Å². The van der Waals surface area contributed by atoms with Crippen molar-refractivity contribution in [2.24, 2.45) is 12.8 Å². The van der Waals surface area contributed by atoms with Crippen LogP contribution in [-0.2, 0) is 11.8 Å². The predicted octanol–water partition coefficient (Wildman–Crippen LogP) is 3.78. The van der Waals surface area contributed by atoms with Gasteiger partial charge in [-0.05, 0) is 61.6 Å². The maximum atomic E-state index is 12.9. The number of aryl methyl sites for hydroxylation is 1. The molecule has 0 fully saturated rings. The predicted molar refractivity (Wildman–Crippen MR) is 114 cm³/mol. The van der Waals surface area contributed by atoms with Gasteiger partial charge in [0, 0.05) is 38.3 Å². The molecule has 5 heteroatoms. The molecule has 2 rings (SSSR count). The van der Waals surface area contributed by atoms with E-state index in [0.717, 1.165) is 25.7 Å². The number of carbonyl (C=O) groups is 2. The van der Waals surface area contributed by atoms with Crippen LogP contribution in [0.25, 0.3) is 0 Å². The van der Waals surface area contributed by atoms with Gasteiger partial charge in [-0.3, -0.25) is 9.59 Å². The second-order valence-electron chi connectivity index (χ2n) is 7.33. The Morgan fingerprint density at radius 1 is 1.32 bits per heavy atom. The molecule has 1 amide bonds. The number of ketones is 1. The van der Waals surface area contributed by atoms with Gasteiger partial charge in [0.05, 0.1) is 0 Å². The summed E-state index contributed by atoms with van der Waals surface area (Å²) >= 11 is 0. The maximum Gasteiger partial charge on any atom is 0.270 e. The monoisotopic (exact) mass is 383 g/mol. The van der Waals surface area contributed by atoms with Gasteiger partial charge >= 0.3 is 0 Å². The van der Waals surface area contributed by atoms with Crippen LogP contribution in [0, 0.1) is 0 Å². The minimum absolute atomic E-state index is 0.0625. The van der Waals surface area contributed by atoms with Crippen molar-refractivity contribution in [3.63, 3.8) is 0 Å². The average molecular weight is 384 g/mol. The lowest BCUT2D eigenvalue weighted by Gasteiger charge is -2.31. The zero-order valence-electron chi connectivity index (χ0n) is 17.2. The molecule has 1 aromatic rings. The molecule has 0 bridgehead atoms. The van der Waals surface area contributed by atoms with E-state index in [1.165, 1.54) is 11.1 Å². The molecule has 2 N–H and O–H groups in total. The van der Waals surface area contributed by atoms with Crippen LogP contribution in [0.2, 0.25) is 0 Å². The summed E-state index contributed by atoms with van der Waals surface area (Å²) in [6.07, 6.45) is 10.5.